The summed E-state index contributed by atoms with van der Waals surface area (Å²) in [7, 11) is 1.63. The maximum Gasteiger partial charge on any atom is 0.433 e. The fourth-order valence-electron chi connectivity index (χ4n) is 2.13. The van der Waals surface area contributed by atoms with Crippen molar-refractivity contribution >= 4 is 11.9 Å². The van der Waals surface area contributed by atoms with Gasteiger partial charge in [0.2, 0.25) is 5.95 Å². The van der Waals surface area contributed by atoms with Crippen LogP contribution in [0.1, 0.15) is 17.9 Å². The van der Waals surface area contributed by atoms with Gasteiger partial charge in [-0.05, 0) is 24.6 Å². The van der Waals surface area contributed by atoms with E-state index >= 15 is 0 Å². The monoisotopic (exact) mass is 400 g/mol. The molecule has 0 amide bonds. The Morgan fingerprint density at radius 3 is 2.75 bits per heavy atom. The van der Waals surface area contributed by atoms with Crippen LogP contribution in [0.3, 0.4) is 0 Å². The zero-order valence-electron chi connectivity index (χ0n) is 15.4. The number of ether oxygens (including phenoxy) is 1. The second-order valence-electron chi connectivity index (χ2n) is 5.60. The third-order valence-electron chi connectivity index (χ3n) is 3.45. The van der Waals surface area contributed by atoms with Gasteiger partial charge in [0, 0.05) is 39.5 Å². The number of furan rings is 1. The van der Waals surface area contributed by atoms with Crippen molar-refractivity contribution in [3.05, 3.63) is 42.1 Å². The van der Waals surface area contributed by atoms with Crippen molar-refractivity contribution in [3.8, 4) is 0 Å². The number of aliphatic imine (C=N–C) groups is 1. The molecule has 0 radical (unpaired) electrons. The Morgan fingerprint density at radius 2 is 2.04 bits per heavy atom. The van der Waals surface area contributed by atoms with Gasteiger partial charge in [0.05, 0.1) is 6.26 Å². The molecule has 2 aromatic heterocycles. The summed E-state index contributed by atoms with van der Waals surface area (Å²) < 4.78 is 48.5. The molecule has 28 heavy (non-hydrogen) atoms. The van der Waals surface area contributed by atoms with Crippen LogP contribution < -0.4 is 16.0 Å². The van der Waals surface area contributed by atoms with E-state index in [1.54, 1.807) is 13.3 Å². The highest BCUT2D eigenvalue weighted by molar-refractivity contribution is 5.79. The largest absolute Gasteiger partial charge is 0.467 e. The molecule has 8 nitrogen and oxygen atoms in total. The molecule has 2 rings (SSSR count). The number of alkyl halides is 3. The minimum absolute atomic E-state index is 0.0757. The molecule has 0 aromatic carbocycles. The molecule has 0 aliphatic heterocycles. The summed E-state index contributed by atoms with van der Waals surface area (Å²) in [5.41, 5.74) is -0.982. The number of halogens is 3. The van der Waals surface area contributed by atoms with E-state index in [1.165, 1.54) is 0 Å². The molecule has 2 heterocycles. The van der Waals surface area contributed by atoms with Gasteiger partial charge < -0.3 is 25.1 Å². The van der Waals surface area contributed by atoms with Crippen molar-refractivity contribution in [2.45, 2.75) is 19.2 Å². The van der Waals surface area contributed by atoms with Crippen LogP contribution in [0.25, 0.3) is 0 Å². The number of rotatable bonds is 10. The second-order valence-corrected chi connectivity index (χ2v) is 5.60. The zero-order valence-corrected chi connectivity index (χ0v) is 15.4. The molecule has 0 aliphatic rings. The van der Waals surface area contributed by atoms with Gasteiger partial charge in [0.1, 0.15) is 18.1 Å². The van der Waals surface area contributed by atoms with Gasteiger partial charge in [-0.1, -0.05) is 0 Å². The van der Waals surface area contributed by atoms with Crippen LogP contribution in [0.4, 0.5) is 19.1 Å². The minimum atomic E-state index is -4.49. The van der Waals surface area contributed by atoms with E-state index in [-0.39, 0.29) is 5.95 Å². The normalized spacial score (nSPS) is 12.1. The number of nitrogens with one attached hydrogen (secondary N) is 3. The average Bonchev–Trinajstić information content (AvgIpc) is 3.19. The first-order chi connectivity index (χ1) is 13.5. The Hall–Kier alpha value is -2.82. The molecule has 0 spiro atoms. The van der Waals surface area contributed by atoms with Crippen LogP contribution in [-0.4, -0.2) is 49.2 Å². The third kappa shape index (κ3) is 7.82. The molecule has 0 unspecified atom stereocenters. The third-order valence-corrected chi connectivity index (χ3v) is 3.45. The highest BCUT2D eigenvalue weighted by Gasteiger charge is 2.32. The van der Waals surface area contributed by atoms with Gasteiger partial charge in [0.25, 0.3) is 0 Å². The Morgan fingerprint density at radius 1 is 1.21 bits per heavy atom. The highest BCUT2D eigenvalue weighted by atomic mass is 19.4. The molecule has 3 N–H and O–H groups in total. The summed E-state index contributed by atoms with van der Waals surface area (Å²) in [5, 5.41) is 8.90. The van der Waals surface area contributed by atoms with Gasteiger partial charge in [0.15, 0.2) is 5.96 Å². The Labute approximate surface area is 160 Å². The molecule has 0 bridgehead atoms. The molecule has 0 atom stereocenters. The van der Waals surface area contributed by atoms with Crippen molar-refractivity contribution in [1.29, 1.82) is 0 Å². The number of anilines is 1. The Balaban J connectivity index is 1.57. The summed E-state index contributed by atoms with van der Waals surface area (Å²) in [6, 6.07) is 4.49. The van der Waals surface area contributed by atoms with Crippen LogP contribution >= 0.6 is 0 Å². The first-order valence-corrected chi connectivity index (χ1v) is 8.68. The van der Waals surface area contributed by atoms with E-state index in [4.69, 9.17) is 9.15 Å². The lowest BCUT2D eigenvalue weighted by molar-refractivity contribution is -0.141. The van der Waals surface area contributed by atoms with Crippen molar-refractivity contribution < 1.29 is 22.3 Å². The van der Waals surface area contributed by atoms with Crippen LogP contribution in [0.15, 0.2) is 40.1 Å². The molecule has 0 aliphatic carbocycles. The van der Waals surface area contributed by atoms with Crippen LogP contribution in [0.5, 0.6) is 0 Å². The van der Waals surface area contributed by atoms with Crippen LogP contribution in [-0.2, 0) is 17.5 Å². The van der Waals surface area contributed by atoms with Crippen LogP contribution in [0, 0.1) is 0 Å². The van der Waals surface area contributed by atoms with Crippen molar-refractivity contribution in [2.75, 3.05) is 38.6 Å². The number of nitrogens with zero attached hydrogens (tertiary/aromatic N) is 3. The quantitative estimate of drug-likeness (QED) is 0.320. The fourth-order valence-corrected chi connectivity index (χ4v) is 2.13. The summed E-state index contributed by atoms with van der Waals surface area (Å²) in [6.07, 6.45) is -1.05. The summed E-state index contributed by atoms with van der Waals surface area (Å²) in [6.45, 7) is 2.41. The number of guanidine groups is 1. The first-order valence-electron chi connectivity index (χ1n) is 8.68. The smallest absolute Gasteiger partial charge is 0.433 e. The molecule has 2 aromatic rings. The average molecular weight is 400 g/mol. The molecule has 0 saturated heterocycles. The predicted molar refractivity (Wildman–Crippen MR) is 97.9 cm³/mol. The first kappa shape index (κ1) is 21.5. The standard InChI is InChI=1S/C17H23F3N6O2/c1-21-15(22-6-3-10-27-12-13-4-2-11-28-13)24-8-9-25-16-23-7-5-14(26-16)17(18,19)20/h2,4-5,7,11H,3,6,8-10,12H2,1H3,(H2,21,22,24)(H,23,25,26). The van der Waals surface area contributed by atoms with Gasteiger partial charge in [-0.2, -0.15) is 13.2 Å². The SMILES string of the molecule is CN=C(NCCCOCc1ccco1)NCCNc1nccc(C(F)(F)F)n1. The summed E-state index contributed by atoms with van der Waals surface area (Å²) in [5.74, 6) is 1.29. The van der Waals surface area contributed by atoms with Gasteiger partial charge in [-0.3, -0.25) is 4.99 Å². The van der Waals surface area contributed by atoms with Gasteiger partial charge in [-0.25, -0.2) is 9.97 Å². The fraction of sp³-hybridized carbons (Fsp3) is 0.471. The van der Waals surface area contributed by atoms with E-state index in [0.717, 1.165) is 24.4 Å². The highest BCUT2D eigenvalue weighted by Crippen LogP contribution is 2.27. The van der Waals surface area contributed by atoms with Crippen molar-refractivity contribution in [3.63, 3.8) is 0 Å². The van der Waals surface area contributed by atoms with Gasteiger partial charge >= 0.3 is 6.18 Å². The van der Waals surface area contributed by atoms with E-state index < -0.39 is 11.9 Å². The summed E-state index contributed by atoms with van der Waals surface area (Å²) >= 11 is 0. The molecule has 154 valence electrons. The lowest BCUT2D eigenvalue weighted by atomic mass is 10.4. The zero-order chi connectivity index (χ0) is 20.2. The molecular weight excluding hydrogens is 377 g/mol. The Bertz CT molecular complexity index is 722. The minimum Gasteiger partial charge on any atom is -0.467 e. The summed E-state index contributed by atoms with van der Waals surface area (Å²) in [4.78, 5) is 11.3. The molecule has 0 fully saturated rings. The number of hydrogen-bond donors (Lipinski definition) is 3. The van der Waals surface area contributed by atoms with E-state index in [9.17, 15) is 13.2 Å². The maximum atomic E-state index is 12.6. The second kappa shape index (κ2) is 11.1. The Kier molecular flexibility index (Phi) is 8.53. The molecular formula is C17H23F3N6O2. The number of aromatic nitrogens is 2. The topological polar surface area (TPSA) is 96.6 Å². The number of hydrogen-bond acceptors (Lipinski definition) is 6. The van der Waals surface area contributed by atoms with E-state index in [2.05, 4.69) is 30.9 Å². The maximum absolute atomic E-state index is 12.6. The molecule has 11 heteroatoms. The lowest BCUT2D eigenvalue weighted by Crippen LogP contribution is -2.40. The van der Waals surface area contributed by atoms with E-state index in [0.29, 0.717) is 38.8 Å². The van der Waals surface area contributed by atoms with Crippen molar-refractivity contribution in [2.24, 2.45) is 4.99 Å². The predicted octanol–water partition coefficient (Wildman–Crippen LogP) is 2.27. The van der Waals surface area contributed by atoms with Gasteiger partial charge in [-0.15, -0.1) is 0 Å². The van der Waals surface area contributed by atoms with E-state index in [1.807, 2.05) is 12.1 Å². The van der Waals surface area contributed by atoms with Crippen LogP contribution in [0.2, 0.25) is 0 Å². The molecule has 0 saturated carbocycles. The van der Waals surface area contributed by atoms with Crippen molar-refractivity contribution in [1.82, 2.24) is 20.6 Å². The lowest BCUT2D eigenvalue weighted by Gasteiger charge is -2.12.